The van der Waals surface area contributed by atoms with Gasteiger partial charge in [-0.3, -0.25) is 4.79 Å². The highest BCUT2D eigenvalue weighted by molar-refractivity contribution is 5.95. The number of anilines is 1. The van der Waals surface area contributed by atoms with E-state index in [0.717, 1.165) is 17.2 Å². The molecule has 0 aliphatic heterocycles. The summed E-state index contributed by atoms with van der Waals surface area (Å²) in [5.41, 5.74) is 8.00. The summed E-state index contributed by atoms with van der Waals surface area (Å²) in [5.74, 6) is 0.496. The molecule has 1 aromatic rings. The van der Waals surface area contributed by atoms with Gasteiger partial charge in [0, 0.05) is 17.3 Å². The van der Waals surface area contributed by atoms with Gasteiger partial charge >= 0.3 is 0 Å². The Balaban J connectivity index is 2.10. The molecule has 2 rings (SSSR count). The summed E-state index contributed by atoms with van der Waals surface area (Å²) in [5, 5.41) is 3.56. The highest BCUT2D eigenvalue weighted by atomic mass is 16.1. The summed E-state index contributed by atoms with van der Waals surface area (Å²) in [6.45, 7) is 4.21. The fraction of sp³-hybridized carbons (Fsp3) is 0.533. The smallest absolute Gasteiger partial charge is 0.249 e. The molecule has 0 aromatic heterocycles. The van der Waals surface area contributed by atoms with Gasteiger partial charge in [-0.25, -0.2) is 0 Å². The van der Waals surface area contributed by atoms with Crippen LogP contribution in [0.3, 0.4) is 0 Å². The number of carbonyl (C=O) groups excluding carboxylic acids is 1. The second kappa shape index (κ2) is 5.42. The van der Waals surface area contributed by atoms with Crippen molar-refractivity contribution in [3.05, 3.63) is 29.3 Å². The van der Waals surface area contributed by atoms with E-state index in [1.807, 2.05) is 19.1 Å². The highest BCUT2D eigenvalue weighted by Gasteiger charge is 2.23. The third-order valence-corrected chi connectivity index (χ3v) is 4.08. The van der Waals surface area contributed by atoms with Gasteiger partial charge < -0.3 is 11.1 Å². The number of amides is 1. The van der Waals surface area contributed by atoms with E-state index in [0.29, 0.717) is 11.6 Å². The highest BCUT2D eigenvalue weighted by Crippen LogP contribution is 2.31. The van der Waals surface area contributed by atoms with Crippen molar-refractivity contribution in [2.75, 3.05) is 5.32 Å². The summed E-state index contributed by atoms with van der Waals surface area (Å²) in [7, 11) is 0. The predicted molar refractivity (Wildman–Crippen MR) is 74.7 cm³/mol. The second-order valence-corrected chi connectivity index (χ2v) is 5.27. The first kappa shape index (κ1) is 12.9. The number of rotatable bonds is 4. The second-order valence-electron chi connectivity index (χ2n) is 5.27. The summed E-state index contributed by atoms with van der Waals surface area (Å²) in [6, 6.07) is 6.24. The first-order chi connectivity index (χ1) is 8.61. The minimum absolute atomic E-state index is 0.353. The maximum absolute atomic E-state index is 11.3. The number of nitrogens with two attached hydrogens (primary N) is 1. The SMILES string of the molecule is CCC1CCC(Nc2cccc(C(N)=O)c2C)C1. The van der Waals surface area contributed by atoms with Crippen LogP contribution in [-0.4, -0.2) is 11.9 Å². The molecule has 0 radical (unpaired) electrons. The predicted octanol–water partition coefficient (Wildman–Crippen LogP) is 3.08. The van der Waals surface area contributed by atoms with Crippen LogP contribution in [-0.2, 0) is 0 Å². The topological polar surface area (TPSA) is 55.1 Å². The molecule has 3 N–H and O–H groups in total. The van der Waals surface area contributed by atoms with E-state index in [1.165, 1.54) is 25.7 Å². The molecule has 0 saturated heterocycles. The van der Waals surface area contributed by atoms with Crippen LogP contribution in [0.1, 0.15) is 48.5 Å². The molecule has 1 fully saturated rings. The Kier molecular flexibility index (Phi) is 3.90. The largest absolute Gasteiger partial charge is 0.382 e. The van der Waals surface area contributed by atoms with Crippen LogP contribution in [0.4, 0.5) is 5.69 Å². The van der Waals surface area contributed by atoms with Crippen molar-refractivity contribution >= 4 is 11.6 Å². The Morgan fingerprint density at radius 1 is 1.44 bits per heavy atom. The molecule has 0 spiro atoms. The van der Waals surface area contributed by atoms with Gasteiger partial charge in [0.05, 0.1) is 0 Å². The Morgan fingerprint density at radius 2 is 2.22 bits per heavy atom. The Hall–Kier alpha value is -1.51. The van der Waals surface area contributed by atoms with Gasteiger partial charge in [-0.2, -0.15) is 0 Å². The van der Waals surface area contributed by atoms with Gasteiger partial charge in [0.2, 0.25) is 5.91 Å². The van der Waals surface area contributed by atoms with Crippen molar-refractivity contribution in [3.63, 3.8) is 0 Å². The van der Waals surface area contributed by atoms with Crippen LogP contribution in [0.2, 0.25) is 0 Å². The van der Waals surface area contributed by atoms with E-state index in [-0.39, 0.29) is 5.91 Å². The van der Waals surface area contributed by atoms with Crippen molar-refractivity contribution in [2.24, 2.45) is 11.7 Å². The van der Waals surface area contributed by atoms with Crippen LogP contribution in [0.15, 0.2) is 18.2 Å². The van der Waals surface area contributed by atoms with Crippen molar-refractivity contribution in [3.8, 4) is 0 Å². The van der Waals surface area contributed by atoms with E-state index in [9.17, 15) is 4.79 Å². The number of hydrogen-bond donors (Lipinski definition) is 2. The number of hydrogen-bond acceptors (Lipinski definition) is 2. The minimum Gasteiger partial charge on any atom is -0.382 e. The number of benzene rings is 1. The molecule has 1 aromatic carbocycles. The van der Waals surface area contributed by atoms with Crippen molar-refractivity contribution in [1.29, 1.82) is 0 Å². The lowest BCUT2D eigenvalue weighted by Crippen LogP contribution is -2.18. The zero-order chi connectivity index (χ0) is 13.1. The molecule has 18 heavy (non-hydrogen) atoms. The standard InChI is InChI=1S/C15H22N2O/c1-3-11-7-8-12(9-11)17-14-6-4-5-13(10(14)2)15(16)18/h4-6,11-12,17H,3,7-9H2,1-2H3,(H2,16,18). The van der Waals surface area contributed by atoms with Crippen LogP contribution in [0, 0.1) is 12.8 Å². The summed E-state index contributed by atoms with van der Waals surface area (Å²) >= 11 is 0. The van der Waals surface area contributed by atoms with Crippen molar-refractivity contribution in [1.82, 2.24) is 0 Å². The molecule has 0 bridgehead atoms. The zero-order valence-corrected chi connectivity index (χ0v) is 11.2. The van der Waals surface area contributed by atoms with Crippen LogP contribution < -0.4 is 11.1 Å². The van der Waals surface area contributed by atoms with Gasteiger partial charge in [0.15, 0.2) is 0 Å². The van der Waals surface area contributed by atoms with Gasteiger partial charge in [-0.15, -0.1) is 0 Å². The van der Waals surface area contributed by atoms with Gasteiger partial charge in [-0.1, -0.05) is 19.4 Å². The lowest BCUT2D eigenvalue weighted by atomic mass is 10.0. The average molecular weight is 246 g/mol. The Labute approximate surface area is 109 Å². The van der Waals surface area contributed by atoms with E-state index in [2.05, 4.69) is 12.2 Å². The fourth-order valence-corrected chi connectivity index (χ4v) is 2.86. The summed E-state index contributed by atoms with van der Waals surface area (Å²) in [6.07, 6.45) is 5.02. The van der Waals surface area contributed by atoms with Crippen LogP contribution in [0.5, 0.6) is 0 Å². The average Bonchev–Trinajstić information content (AvgIpc) is 2.79. The Morgan fingerprint density at radius 3 is 2.83 bits per heavy atom. The van der Waals surface area contributed by atoms with E-state index < -0.39 is 0 Å². The van der Waals surface area contributed by atoms with Crippen molar-refractivity contribution < 1.29 is 4.79 Å². The summed E-state index contributed by atoms with van der Waals surface area (Å²) in [4.78, 5) is 11.3. The Bertz CT molecular complexity index is 442. The van der Waals surface area contributed by atoms with E-state index >= 15 is 0 Å². The quantitative estimate of drug-likeness (QED) is 0.857. The van der Waals surface area contributed by atoms with Crippen molar-refractivity contribution in [2.45, 2.75) is 45.6 Å². The third kappa shape index (κ3) is 2.66. The molecule has 2 unspecified atom stereocenters. The maximum atomic E-state index is 11.3. The number of nitrogens with one attached hydrogen (secondary N) is 1. The monoisotopic (exact) mass is 246 g/mol. The normalized spacial score (nSPS) is 23.0. The van der Waals surface area contributed by atoms with E-state index in [4.69, 9.17) is 5.73 Å². The molecule has 0 heterocycles. The molecule has 3 nitrogen and oxygen atoms in total. The molecule has 3 heteroatoms. The molecule has 1 amide bonds. The molecular weight excluding hydrogens is 224 g/mol. The van der Waals surface area contributed by atoms with Gasteiger partial charge in [0.25, 0.3) is 0 Å². The maximum Gasteiger partial charge on any atom is 0.249 e. The molecule has 1 aliphatic rings. The van der Waals surface area contributed by atoms with Gasteiger partial charge in [0.1, 0.15) is 0 Å². The van der Waals surface area contributed by atoms with Crippen LogP contribution in [0.25, 0.3) is 0 Å². The molecular formula is C15H22N2O. The zero-order valence-electron chi connectivity index (χ0n) is 11.2. The molecule has 1 saturated carbocycles. The molecule has 1 aliphatic carbocycles. The lowest BCUT2D eigenvalue weighted by Gasteiger charge is -2.17. The minimum atomic E-state index is -0.353. The summed E-state index contributed by atoms with van der Waals surface area (Å²) < 4.78 is 0. The fourth-order valence-electron chi connectivity index (χ4n) is 2.86. The number of primary amides is 1. The van der Waals surface area contributed by atoms with Gasteiger partial charge in [-0.05, 0) is 49.8 Å². The first-order valence-electron chi connectivity index (χ1n) is 6.77. The van der Waals surface area contributed by atoms with Crippen LogP contribution >= 0.6 is 0 Å². The molecule has 98 valence electrons. The number of carbonyl (C=O) groups is 1. The lowest BCUT2D eigenvalue weighted by molar-refractivity contribution is 0.1000. The first-order valence-corrected chi connectivity index (χ1v) is 6.77. The third-order valence-electron chi connectivity index (χ3n) is 4.08. The van der Waals surface area contributed by atoms with E-state index in [1.54, 1.807) is 6.07 Å². The molecule has 2 atom stereocenters.